The minimum atomic E-state index is -1.63. The van der Waals surface area contributed by atoms with Crippen molar-refractivity contribution in [3.05, 3.63) is 76.9 Å². The van der Waals surface area contributed by atoms with Gasteiger partial charge in [-0.15, -0.1) is 0 Å². The number of fused-ring (bicyclic) bond motifs is 3. The Labute approximate surface area is 236 Å². The number of aliphatic hydroxyl groups excluding tert-OH is 4. The molecule has 1 aromatic rings. The molecule has 2 aliphatic heterocycles. The van der Waals surface area contributed by atoms with Gasteiger partial charge in [-0.3, -0.25) is 4.79 Å². The summed E-state index contributed by atoms with van der Waals surface area (Å²) in [5.41, 5.74) is 2.41. The van der Waals surface area contributed by atoms with Gasteiger partial charge in [-0.05, 0) is 30.2 Å². The molecule has 2 saturated heterocycles. The van der Waals surface area contributed by atoms with Gasteiger partial charge >= 0.3 is 11.9 Å². The van der Waals surface area contributed by atoms with Crippen LogP contribution in [0.3, 0.4) is 0 Å². The summed E-state index contributed by atoms with van der Waals surface area (Å²) >= 11 is 0. The van der Waals surface area contributed by atoms with Crippen molar-refractivity contribution >= 4 is 23.8 Å². The number of rotatable bonds is 7. The standard InChI is InChI=1S/C30H32O11/c1-14-10-19(39-21(33)9-8-16-6-4-3-5-7-16)23-15(2)29(37)41-28(23)24-17(11-18(32)22(14)24)13-38-30-27(36)26(35)25(34)20(12-31)40-30/h3-9,11,19-20,23-28,30-31,34-36H,2,10,12-13H2,1H3/b9-8+/t19-,20+,23+,24-,25+,26-,27+,28+,30-/m0/s1. The summed E-state index contributed by atoms with van der Waals surface area (Å²) in [5, 5.41) is 39.9. The van der Waals surface area contributed by atoms with E-state index in [2.05, 4.69) is 6.58 Å². The predicted octanol–water partition coefficient (Wildman–Crippen LogP) is 0.371. The van der Waals surface area contributed by atoms with E-state index in [9.17, 15) is 34.8 Å². The number of ketones is 1. The van der Waals surface area contributed by atoms with Crippen LogP contribution in [0.2, 0.25) is 0 Å². The highest BCUT2D eigenvalue weighted by Crippen LogP contribution is 2.48. The van der Waals surface area contributed by atoms with Crippen LogP contribution >= 0.6 is 0 Å². The first-order chi connectivity index (χ1) is 19.6. The maximum atomic E-state index is 13.2. The zero-order chi connectivity index (χ0) is 29.4. The smallest absolute Gasteiger partial charge is 0.334 e. The van der Waals surface area contributed by atoms with E-state index in [1.54, 1.807) is 13.0 Å². The highest BCUT2D eigenvalue weighted by atomic mass is 16.7. The third-order valence-corrected chi connectivity index (χ3v) is 7.99. The van der Waals surface area contributed by atoms with Crippen molar-refractivity contribution in [1.29, 1.82) is 0 Å². The summed E-state index contributed by atoms with van der Waals surface area (Å²) in [4.78, 5) is 38.6. The third-order valence-electron chi connectivity index (χ3n) is 7.99. The number of hydrogen-bond acceptors (Lipinski definition) is 11. The Morgan fingerprint density at radius 3 is 2.56 bits per heavy atom. The van der Waals surface area contributed by atoms with Crippen LogP contribution in [-0.2, 0) is 33.3 Å². The number of benzene rings is 1. The van der Waals surface area contributed by atoms with Crippen molar-refractivity contribution in [3.63, 3.8) is 0 Å². The van der Waals surface area contributed by atoms with Crippen LogP contribution in [0.25, 0.3) is 6.08 Å². The van der Waals surface area contributed by atoms with Gasteiger partial charge in [-0.2, -0.15) is 0 Å². The molecule has 2 aliphatic carbocycles. The van der Waals surface area contributed by atoms with Gasteiger partial charge in [0.25, 0.3) is 0 Å². The third kappa shape index (κ3) is 5.56. The van der Waals surface area contributed by atoms with Gasteiger partial charge in [0.05, 0.1) is 19.1 Å². The summed E-state index contributed by atoms with van der Waals surface area (Å²) in [7, 11) is 0. The van der Waals surface area contributed by atoms with Crippen molar-refractivity contribution in [3.8, 4) is 0 Å². The number of aliphatic hydroxyl groups is 4. The summed E-state index contributed by atoms with van der Waals surface area (Å²) in [6.07, 6.45) is -4.66. The molecule has 0 unspecified atom stereocenters. The highest BCUT2D eigenvalue weighted by molar-refractivity contribution is 6.09. The molecule has 218 valence electrons. The van der Waals surface area contributed by atoms with E-state index in [0.717, 1.165) is 5.56 Å². The summed E-state index contributed by atoms with van der Waals surface area (Å²) < 4.78 is 22.6. The molecular formula is C30H32O11. The van der Waals surface area contributed by atoms with Crippen LogP contribution < -0.4 is 0 Å². The van der Waals surface area contributed by atoms with Gasteiger partial charge in [0.2, 0.25) is 0 Å². The van der Waals surface area contributed by atoms with Gasteiger partial charge in [0.15, 0.2) is 12.1 Å². The van der Waals surface area contributed by atoms with Crippen molar-refractivity contribution < 1.29 is 53.8 Å². The van der Waals surface area contributed by atoms with E-state index in [0.29, 0.717) is 16.7 Å². The average Bonchev–Trinajstić information content (AvgIpc) is 3.40. The second-order valence-corrected chi connectivity index (χ2v) is 10.6. The molecule has 9 atom stereocenters. The highest BCUT2D eigenvalue weighted by Gasteiger charge is 2.55. The fraction of sp³-hybridized carbons (Fsp3) is 0.433. The van der Waals surface area contributed by atoms with E-state index in [-0.39, 0.29) is 24.4 Å². The Kier molecular flexibility index (Phi) is 8.37. The molecule has 0 amide bonds. The largest absolute Gasteiger partial charge is 0.458 e. The fourth-order valence-electron chi connectivity index (χ4n) is 5.93. The molecule has 0 aromatic heterocycles. The van der Waals surface area contributed by atoms with E-state index in [4.69, 9.17) is 18.9 Å². The molecule has 0 radical (unpaired) electrons. The molecule has 11 nitrogen and oxygen atoms in total. The summed E-state index contributed by atoms with van der Waals surface area (Å²) in [5.74, 6) is -3.07. The number of hydrogen-bond donors (Lipinski definition) is 4. The van der Waals surface area contributed by atoms with Crippen molar-refractivity contribution in [2.45, 2.75) is 56.3 Å². The molecule has 0 bridgehead atoms. The topological polar surface area (TPSA) is 169 Å². The van der Waals surface area contributed by atoms with Crippen LogP contribution in [0.1, 0.15) is 18.9 Å². The first-order valence-electron chi connectivity index (χ1n) is 13.3. The Morgan fingerprint density at radius 2 is 1.85 bits per heavy atom. The molecule has 5 rings (SSSR count). The lowest BCUT2D eigenvalue weighted by Gasteiger charge is -2.39. The van der Waals surface area contributed by atoms with E-state index >= 15 is 0 Å². The van der Waals surface area contributed by atoms with E-state index in [1.165, 1.54) is 12.2 Å². The second kappa shape index (κ2) is 11.8. The predicted molar refractivity (Wildman–Crippen MR) is 141 cm³/mol. The summed E-state index contributed by atoms with van der Waals surface area (Å²) in [6.45, 7) is 4.77. The summed E-state index contributed by atoms with van der Waals surface area (Å²) in [6, 6.07) is 9.20. The quantitative estimate of drug-likeness (QED) is 0.265. The first kappa shape index (κ1) is 29.1. The molecular weight excluding hydrogens is 536 g/mol. The van der Waals surface area contributed by atoms with Crippen molar-refractivity contribution in [2.24, 2.45) is 11.8 Å². The number of ether oxygens (including phenoxy) is 4. The minimum absolute atomic E-state index is 0.127. The molecule has 2 heterocycles. The zero-order valence-corrected chi connectivity index (χ0v) is 22.3. The lowest BCUT2D eigenvalue weighted by Crippen LogP contribution is -2.59. The van der Waals surface area contributed by atoms with Crippen LogP contribution in [0, 0.1) is 11.8 Å². The maximum absolute atomic E-state index is 13.2. The Morgan fingerprint density at radius 1 is 1.12 bits per heavy atom. The van der Waals surface area contributed by atoms with E-state index in [1.807, 2.05) is 30.3 Å². The second-order valence-electron chi connectivity index (χ2n) is 10.6. The lowest BCUT2D eigenvalue weighted by atomic mass is 9.82. The number of carbonyl (C=O) groups excluding carboxylic acids is 3. The number of allylic oxidation sites excluding steroid dienone is 1. The molecule has 1 aromatic carbocycles. The van der Waals surface area contributed by atoms with Gasteiger partial charge in [-0.1, -0.05) is 42.5 Å². The zero-order valence-electron chi connectivity index (χ0n) is 22.3. The number of esters is 2. The van der Waals surface area contributed by atoms with Crippen molar-refractivity contribution in [2.75, 3.05) is 13.2 Å². The normalized spacial score (nSPS) is 35.2. The van der Waals surface area contributed by atoms with Gasteiger partial charge < -0.3 is 39.4 Å². The molecule has 11 heteroatoms. The van der Waals surface area contributed by atoms with Gasteiger partial charge in [0, 0.05) is 29.6 Å². The van der Waals surface area contributed by atoms with Gasteiger partial charge in [0.1, 0.15) is 36.6 Å². The minimum Gasteiger partial charge on any atom is -0.458 e. The maximum Gasteiger partial charge on any atom is 0.334 e. The molecule has 0 spiro atoms. The molecule has 4 N–H and O–H groups in total. The van der Waals surface area contributed by atoms with Crippen LogP contribution in [-0.4, -0.2) is 94.3 Å². The average molecular weight is 569 g/mol. The Hall–Kier alpha value is -3.45. The lowest BCUT2D eigenvalue weighted by molar-refractivity contribution is -0.299. The van der Waals surface area contributed by atoms with E-state index < -0.39 is 73.3 Å². The Bertz CT molecular complexity index is 1310. The monoisotopic (exact) mass is 568 g/mol. The van der Waals surface area contributed by atoms with Crippen LogP contribution in [0.4, 0.5) is 0 Å². The number of carbonyl (C=O) groups is 3. The van der Waals surface area contributed by atoms with Crippen LogP contribution in [0.5, 0.6) is 0 Å². The molecule has 4 aliphatic rings. The first-order valence-corrected chi connectivity index (χ1v) is 13.3. The van der Waals surface area contributed by atoms with Crippen LogP contribution in [0.15, 0.2) is 71.4 Å². The molecule has 0 saturated carbocycles. The molecule has 2 fully saturated rings. The Balaban J connectivity index is 1.36. The fourth-order valence-corrected chi connectivity index (χ4v) is 5.93. The van der Waals surface area contributed by atoms with Gasteiger partial charge in [-0.25, -0.2) is 9.59 Å². The molecule has 41 heavy (non-hydrogen) atoms. The SMILES string of the molecule is C=C1C(=O)O[C@H]2[C@H]3C(CO[C@H]4O[C@H](CO)[C@@H](O)[C@H](O)[C@H]4O)=CC(=O)C3=C(C)C[C@H](OC(=O)/C=C/c3ccccc3)[C@@H]12. The van der Waals surface area contributed by atoms with Crippen molar-refractivity contribution in [1.82, 2.24) is 0 Å².